The Labute approximate surface area is 100.0 Å². The number of carbonyl (C=O) groups is 2. The molecule has 1 aliphatic heterocycles. The van der Waals surface area contributed by atoms with Crippen molar-refractivity contribution in [2.75, 3.05) is 13.1 Å². The van der Waals surface area contributed by atoms with Gasteiger partial charge in [0, 0.05) is 0 Å². The van der Waals surface area contributed by atoms with Gasteiger partial charge in [-0.05, 0) is 38.1 Å². The summed E-state index contributed by atoms with van der Waals surface area (Å²) in [7, 11) is 0. The van der Waals surface area contributed by atoms with Crippen LogP contribution >= 0.6 is 0 Å². The predicted molar refractivity (Wildman–Crippen MR) is 62.5 cm³/mol. The SMILES string of the molecule is O=C(OC(=O)C1CCNCC1)c1ccccc1. The van der Waals surface area contributed by atoms with E-state index in [2.05, 4.69) is 5.32 Å². The van der Waals surface area contributed by atoms with Gasteiger partial charge in [-0.15, -0.1) is 0 Å². The smallest absolute Gasteiger partial charge is 0.345 e. The van der Waals surface area contributed by atoms with Crippen LogP contribution in [0.5, 0.6) is 0 Å². The molecule has 0 unspecified atom stereocenters. The summed E-state index contributed by atoms with van der Waals surface area (Å²) in [5.41, 5.74) is 0.412. The zero-order chi connectivity index (χ0) is 12.1. The molecule has 1 aliphatic rings. The number of ether oxygens (including phenoxy) is 1. The normalized spacial score (nSPS) is 16.5. The Balaban J connectivity index is 1.92. The van der Waals surface area contributed by atoms with Gasteiger partial charge in [-0.25, -0.2) is 4.79 Å². The lowest BCUT2D eigenvalue weighted by Gasteiger charge is -2.20. The van der Waals surface area contributed by atoms with Crippen LogP contribution in [0.25, 0.3) is 0 Å². The second kappa shape index (κ2) is 5.59. The van der Waals surface area contributed by atoms with E-state index in [0.717, 1.165) is 25.9 Å². The second-order valence-electron chi connectivity index (χ2n) is 4.10. The summed E-state index contributed by atoms with van der Waals surface area (Å²) in [6.45, 7) is 1.61. The number of nitrogens with one attached hydrogen (secondary N) is 1. The lowest BCUT2D eigenvalue weighted by atomic mass is 9.98. The maximum absolute atomic E-state index is 11.7. The first kappa shape index (κ1) is 11.8. The molecule has 0 atom stereocenters. The maximum Gasteiger partial charge on any atom is 0.345 e. The molecule has 4 heteroatoms. The van der Waals surface area contributed by atoms with E-state index in [1.807, 2.05) is 6.07 Å². The third-order valence-corrected chi connectivity index (χ3v) is 2.88. The highest BCUT2D eigenvalue weighted by Gasteiger charge is 2.24. The first-order chi connectivity index (χ1) is 8.27. The van der Waals surface area contributed by atoms with Crippen LogP contribution in [-0.2, 0) is 9.53 Å². The minimum atomic E-state index is -0.561. The zero-order valence-corrected chi connectivity index (χ0v) is 9.52. The first-order valence-electron chi connectivity index (χ1n) is 5.79. The van der Waals surface area contributed by atoms with E-state index in [4.69, 9.17) is 4.74 Å². The van der Waals surface area contributed by atoms with Crippen molar-refractivity contribution in [3.05, 3.63) is 35.9 Å². The fourth-order valence-corrected chi connectivity index (χ4v) is 1.87. The van der Waals surface area contributed by atoms with E-state index in [-0.39, 0.29) is 5.92 Å². The van der Waals surface area contributed by atoms with Crippen molar-refractivity contribution in [1.82, 2.24) is 5.32 Å². The maximum atomic E-state index is 11.7. The molecule has 0 aromatic heterocycles. The number of hydrogen-bond acceptors (Lipinski definition) is 4. The fraction of sp³-hybridized carbons (Fsp3) is 0.385. The largest absolute Gasteiger partial charge is 0.389 e. The van der Waals surface area contributed by atoms with Gasteiger partial charge in [-0.2, -0.15) is 0 Å². The average Bonchev–Trinajstić information content (AvgIpc) is 2.40. The molecule has 1 saturated heterocycles. The summed E-state index contributed by atoms with van der Waals surface area (Å²) in [6, 6.07) is 8.57. The van der Waals surface area contributed by atoms with Crippen molar-refractivity contribution < 1.29 is 14.3 Å². The highest BCUT2D eigenvalue weighted by molar-refractivity contribution is 5.97. The van der Waals surface area contributed by atoms with Crippen molar-refractivity contribution >= 4 is 11.9 Å². The molecule has 0 bridgehead atoms. The molecule has 90 valence electrons. The predicted octanol–water partition coefficient (Wildman–Crippen LogP) is 1.37. The molecule has 2 rings (SSSR count). The van der Waals surface area contributed by atoms with Crippen LogP contribution in [0.3, 0.4) is 0 Å². The molecule has 1 fully saturated rings. The molecule has 1 N–H and O–H groups in total. The van der Waals surface area contributed by atoms with E-state index >= 15 is 0 Å². The van der Waals surface area contributed by atoms with Crippen LogP contribution in [0.2, 0.25) is 0 Å². The van der Waals surface area contributed by atoms with E-state index < -0.39 is 11.9 Å². The van der Waals surface area contributed by atoms with Crippen molar-refractivity contribution in [2.45, 2.75) is 12.8 Å². The highest BCUT2D eigenvalue weighted by Crippen LogP contribution is 2.14. The third-order valence-electron chi connectivity index (χ3n) is 2.88. The summed E-state index contributed by atoms with van der Waals surface area (Å²) >= 11 is 0. The second-order valence-corrected chi connectivity index (χ2v) is 4.10. The van der Waals surface area contributed by atoms with Gasteiger partial charge < -0.3 is 10.1 Å². The summed E-state index contributed by atoms with van der Waals surface area (Å²) in [5, 5.41) is 3.16. The number of esters is 2. The molecule has 0 aliphatic carbocycles. The number of piperidine rings is 1. The van der Waals surface area contributed by atoms with E-state index in [1.54, 1.807) is 24.3 Å². The van der Waals surface area contributed by atoms with Gasteiger partial charge in [0.05, 0.1) is 11.5 Å². The molecule has 17 heavy (non-hydrogen) atoms. The van der Waals surface area contributed by atoms with Gasteiger partial charge in [-0.3, -0.25) is 4.79 Å². The number of rotatable bonds is 2. The lowest BCUT2D eigenvalue weighted by Crippen LogP contribution is -2.33. The Bertz CT molecular complexity index is 396. The fourth-order valence-electron chi connectivity index (χ4n) is 1.87. The standard InChI is InChI=1S/C13H15NO3/c15-12(10-4-2-1-3-5-10)17-13(16)11-6-8-14-9-7-11/h1-5,11,14H,6-9H2. The monoisotopic (exact) mass is 233 g/mol. The molecule has 0 amide bonds. The quantitative estimate of drug-likeness (QED) is 0.619. The lowest BCUT2D eigenvalue weighted by molar-refractivity contribution is -0.143. The van der Waals surface area contributed by atoms with Gasteiger partial charge in [-0.1, -0.05) is 18.2 Å². The van der Waals surface area contributed by atoms with Gasteiger partial charge in [0.15, 0.2) is 0 Å². The van der Waals surface area contributed by atoms with Gasteiger partial charge in [0.1, 0.15) is 0 Å². The summed E-state index contributed by atoms with van der Waals surface area (Å²) in [6.07, 6.45) is 1.47. The molecule has 0 spiro atoms. The molecular weight excluding hydrogens is 218 g/mol. The molecular formula is C13H15NO3. The molecule has 0 saturated carbocycles. The molecule has 0 radical (unpaired) electrons. The van der Waals surface area contributed by atoms with Crippen LogP contribution in [0.4, 0.5) is 0 Å². The molecule has 1 aromatic carbocycles. The minimum Gasteiger partial charge on any atom is -0.389 e. The molecule has 4 nitrogen and oxygen atoms in total. The van der Waals surface area contributed by atoms with Crippen LogP contribution in [0.1, 0.15) is 23.2 Å². The van der Waals surface area contributed by atoms with Crippen LogP contribution in [-0.4, -0.2) is 25.0 Å². The summed E-state index contributed by atoms with van der Waals surface area (Å²) in [4.78, 5) is 23.4. The van der Waals surface area contributed by atoms with Crippen molar-refractivity contribution in [3.63, 3.8) is 0 Å². The number of carbonyl (C=O) groups excluding carboxylic acids is 2. The summed E-state index contributed by atoms with van der Waals surface area (Å²) < 4.78 is 4.87. The van der Waals surface area contributed by atoms with Crippen LogP contribution in [0, 0.1) is 5.92 Å². The molecule has 1 aromatic rings. The van der Waals surface area contributed by atoms with Crippen molar-refractivity contribution in [3.8, 4) is 0 Å². The van der Waals surface area contributed by atoms with E-state index in [0.29, 0.717) is 5.56 Å². The van der Waals surface area contributed by atoms with Crippen molar-refractivity contribution in [1.29, 1.82) is 0 Å². The Kier molecular flexibility index (Phi) is 3.88. The Morgan fingerprint density at radius 3 is 2.41 bits per heavy atom. The van der Waals surface area contributed by atoms with Crippen LogP contribution in [0.15, 0.2) is 30.3 Å². The molecule has 1 heterocycles. The van der Waals surface area contributed by atoms with Crippen molar-refractivity contribution in [2.24, 2.45) is 5.92 Å². The Morgan fingerprint density at radius 1 is 1.12 bits per heavy atom. The van der Waals surface area contributed by atoms with Gasteiger partial charge in [0.2, 0.25) is 0 Å². The first-order valence-corrected chi connectivity index (χ1v) is 5.79. The highest BCUT2D eigenvalue weighted by atomic mass is 16.6. The van der Waals surface area contributed by atoms with Crippen LogP contribution < -0.4 is 5.32 Å². The third kappa shape index (κ3) is 3.14. The minimum absolute atomic E-state index is 0.149. The number of hydrogen-bond donors (Lipinski definition) is 1. The summed E-state index contributed by atoms with van der Waals surface area (Å²) in [5.74, 6) is -1.11. The zero-order valence-electron chi connectivity index (χ0n) is 9.52. The van der Waals surface area contributed by atoms with Gasteiger partial charge in [0.25, 0.3) is 0 Å². The number of benzene rings is 1. The average molecular weight is 233 g/mol. The van der Waals surface area contributed by atoms with Gasteiger partial charge >= 0.3 is 11.9 Å². The Morgan fingerprint density at radius 2 is 1.76 bits per heavy atom. The topological polar surface area (TPSA) is 55.4 Å². The van der Waals surface area contributed by atoms with E-state index in [1.165, 1.54) is 0 Å². The Hall–Kier alpha value is -1.68. The van der Waals surface area contributed by atoms with E-state index in [9.17, 15) is 9.59 Å².